The Morgan fingerprint density at radius 1 is 1.10 bits per heavy atom. The number of anilines is 2. The molecule has 1 atom stereocenters. The Balaban J connectivity index is 1.30. The Bertz CT molecular complexity index is 1340. The van der Waals surface area contributed by atoms with E-state index in [1.54, 1.807) is 13.3 Å². The molecule has 1 saturated heterocycles. The molecule has 0 aliphatic carbocycles. The summed E-state index contributed by atoms with van der Waals surface area (Å²) in [4.78, 5) is 27.5. The minimum atomic E-state index is -1.22. The maximum absolute atomic E-state index is 11.9. The van der Waals surface area contributed by atoms with E-state index < -0.39 is 14.2 Å². The summed E-state index contributed by atoms with van der Waals surface area (Å²) in [7, 11) is -1.22. The third-order valence-corrected chi connectivity index (χ3v) is 9.63. The molecule has 2 N–H and O–H groups in total. The fourth-order valence-corrected chi connectivity index (χ4v) is 6.25. The van der Waals surface area contributed by atoms with Crippen LogP contribution in [0.5, 0.6) is 0 Å². The van der Waals surface area contributed by atoms with E-state index in [9.17, 15) is 9.90 Å². The molecule has 2 aliphatic rings. The van der Waals surface area contributed by atoms with E-state index in [2.05, 4.69) is 69.0 Å². The van der Waals surface area contributed by atoms with E-state index in [1.807, 2.05) is 9.58 Å². The fraction of sp³-hybridized carbons (Fsp3) is 0.586. The van der Waals surface area contributed by atoms with Crippen LogP contribution >= 0.6 is 0 Å². The SMILES string of the molecule is CC(=O)N1CCN(c2ncnc3c(NC[C@H](O)CN4CCc5ccccc5C4)nn(COCC[Si](C)(C)C)c23)CC1. The topological polar surface area (TPSA) is 112 Å². The smallest absolute Gasteiger partial charge is 0.219 e. The van der Waals surface area contributed by atoms with E-state index in [1.165, 1.54) is 11.1 Å². The molecule has 2 aromatic heterocycles. The molecular formula is C29H44N8O3Si. The molecule has 222 valence electrons. The Morgan fingerprint density at radius 2 is 1.85 bits per heavy atom. The number of aliphatic hydroxyl groups excluding tert-OH is 1. The third kappa shape index (κ3) is 7.42. The molecule has 4 heterocycles. The third-order valence-electron chi connectivity index (χ3n) is 7.92. The van der Waals surface area contributed by atoms with Crippen LogP contribution in [-0.2, 0) is 29.2 Å². The number of nitrogens with one attached hydrogen (secondary N) is 1. The lowest BCUT2D eigenvalue weighted by Crippen LogP contribution is -2.48. The predicted molar refractivity (Wildman–Crippen MR) is 164 cm³/mol. The van der Waals surface area contributed by atoms with Crippen molar-refractivity contribution in [1.82, 2.24) is 29.5 Å². The summed E-state index contributed by atoms with van der Waals surface area (Å²) in [5.74, 6) is 1.50. The van der Waals surface area contributed by atoms with Gasteiger partial charge in [0.05, 0.1) is 6.10 Å². The number of benzene rings is 1. The first kappa shape index (κ1) is 29.4. The molecule has 0 radical (unpaired) electrons. The second-order valence-electron chi connectivity index (χ2n) is 12.4. The van der Waals surface area contributed by atoms with E-state index in [0.29, 0.717) is 63.9 Å². The molecule has 3 aromatic rings. The number of rotatable bonds is 11. The van der Waals surface area contributed by atoms with Gasteiger partial charge in [-0.3, -0.25) is 9.69 Å². The molecule has 1 fully saturated rings. The Hall–Kier alpha value is -3.06. The number of hydrogen-bond donors (Lipinski definition) is 2. The minimum absolute atomic E-state index is 0.0946. The lowest BCUT2D eigenvalue weighted by atomic mass is 10.00. The number of β-amino-alcohol motifs (C(OH)–C–C–N with tert-alkyl or cyclic N) is 1. The molecule has 1 amide bonds. The van der Waals surface area contributed by atoms with Gasteiger partial charge >= 0.3 is 0 Å². The zero-order chi connectivity index (χ0) is 29.0. The molecule has 12 heteroatoms. The summed E-state index contributed by atoms with van der Waals surface area (Å²) in [6.45, 7) is 15.0. The summed E-state index contributed by atoms with van der Waals surface area (Å²) in [6, 6.07) is 9.61. The summed E-state index contributed by atoms with van der Waals surface area (Å²) in [5, 5.41) is 19.1. The number of nitrogens with zero attached hydrogens (tertiary/aromatic N) is 7. The average molecular weight is 581 g/mol. The van der Waals surface area contributed by atoms with Crippen LogP contribution in [0.4, 0.5) is 11.6 Å². The average Bonchev–Trinajstić information content (AvgIpc) is 3.31. The van der Waals surface area contributed by atoms with Crippen LogP contribution in [0, 0.1) is 0 Å². The highest BCUT2D eigenvalue weighted by atomic mass is 28.3. The van der Waals surface area contributed by atoms with Gasteiger partial charge in [0.2, 0.25) is 5.91 Å². The number of hydrogen-bond acceptors (Lipinski definition) is 9. The fourth-order valence-electron chi connectivity index (χ4n) is 5.49. The first-order valence-corrected chi connectivity index (χ1v) is 18.4. The largest absolute Gasteiger partial charge is 0.390 e. The molecule has 0 saturated carbocycles. The minimum Gasteiger partial charge on any atom is -0.390 e. The van der Waals surface area contributed by atoms with Gasteiger partial charge in [-0.25, -0.2) is 14.6 Å². The van der Waals surface area contributed by atoms with Crippen molar-refractivity contribution in [2.75, 3.05) is 62.6 Å². The van der Waals surface area contributed by atoms with Gasteiger partial charge in [0.15, 0.2) is 11.6 Å². The molecule has 0 spiro atoms. The van der Waals surface area contributed by atoms with Crippen LogP contribution in [0.25, 0.3) is 11.0 Å². The maximum atomic E-state index is 11.9. The number of carbonyl (C=O) groups excluding carboxylic acids is 1. The molecule has 0 unspecified atom stereocenters. The van der Waals surface area contributed by atoms with Crippen LogP contribution in [-0.4, -0.2) is 107 Å². The number of fused-ring (bicyclic) bond motifs is 2. The van der Waals surface area contributed by atoms with Crippen molar-refractivity contribution in [2.45, 2.75) is 58.4 Å². The number of amides is 1. The van der Waals surface area contributed by atoms with Crippen LogP contribution in [0.3, 0.4) is 0 Å². The van der Waals surface area contributed by atoms with Gasteiger partial charge in [0.25, 0.3) is 0 Å². The lowest BCUT2D eigenvalue weighted by Gasteiger charge is -2.35. The van der Waals surface area contributed by atoms with Gasteiger partial charge < -0.3 is 25.0 Å². The first-order valence-electron chi connectivity index (χ1n) is 14.7. The van der Waals surface area contributed by atoms with Gasteiger partial charge in [-0.2, -0.15) is 5.10 Å². The second-order valence-corrected chi connectivity index (χ2v) is 18.0. The van der Waals surface area contributed by atoms with Gasteiger partial charge in [0, 0.05) is 74.0 Å². The highest BCUT2D eigenvalue weighted by Crippen LogP contribution is 2.29. The monoisotopic (exact) mass is 580 g/mol. The van der Waals surface area contributed by atoms with Crippen molar-refractivity contribution in [2.24, 2.45) is 0 Å². The first-order chi connectivity index (χ1) is 19.7. The van der Waals surface area contributed by atoms with Gasteiger partial charge in [-0.1, -0.05) is 43.9 Å². The summed E-state index contributed by atoms with van der Waals surface area (Å²) in [5.41, 5.74) is 4.25. The highest BCUT2D eigenvalue weighted by Gasteiger charge is 2.26. The molecule has 2 aliphatic heterocycles. The van der Waals surface area contributed by atoms with Gasteiger partial charge in [0.1, 0.15) is 24.1 Å². The normalized spacial score (nSPS) is 17.1. The van der Waals surface area contributed by atoms with Crippen molar-refractivity contribution >= 4 is 36.7 Å². The maximum Gasteiger partial charge on any atom is 0.219 e. The molecule has 5 rings (SSSR count). The number of aliphatic hydroxyl groups is 1. The van der Waals surface area contributed by atoms with Crippen LogP contribution < -0.4 is 10.2 Å². The lowest BCUT2D eigenvalue weighted by molar-refractivity contribution is -0.129. The molecule has 41 heavy (non-hydrogen) atoms. The predicted octanol–water partition coefficient (Wildman–Crippen LogP) is 2.64. The number of aromatic nitrogens is 4. The van der Waals surface area contributed by atoms with Crippen molar-refractivity contribution in [3.8, 4) is 0 Å². The van der Waals surface area contributed by atoms with Crippen LogP contribution in [0.2, 0.25) is 25.7 Å². The Labute approximate surface area is 243 Å². The van der Waals surface area contributed by atoms with E-state index in [-0.39, 0.29) is 5.91 Å². The summed E-state index contributed by atoms with van der Waals surface area (Å²) >= 11 is 0. The zero-order valence-corrected chi connectivity index (χ0v) is 25.8. The Kier molecular flexibility index (Phi) is 9.22. The number of piperazine rings is 1. The zero-order valence-electron chi connectivity index (χ0n) is 24.8. The van der Waals surface area contributed by atoms with Crippen molar-refractivity contribution < 1.29 is 14.6 Å². The molecule has 0 bridgehead atoms. The van der Waals surface area contributed by atoms with Crippen molar-refractivity contribution in [1.29, 1.82) is 0 Å². The number of carbonyl (C=O) groups is 1. The van der Waals surface area contributed by atoms with E-state index >= 15 is 0 Å². The highest BCUT2D eigenvalue weighted by molar-refractivity contribution is 6.76. The quantitative estimate of drug-likeness (QED) is 0.261. The van der Waals surface area contributed by atoms with E-state index in [4.69, 9.17) is 9.84 Å². The van der Waals surface area contributed by atoms with E-state index in [0.717, 1.165) is 36.9 Å². The van der Waals surface area contributed by atoms with Gasteiger partial charge in [-0.15, -0.1) is 0 Å². The van der Waals surface area contributed by atoms with Crippen LogP contribution in [0.1, 0.15) is 18.1 Å². The second kappa shape index (κ2) is 12.8. The summed E-state index contributed by atoms with van der Waals surface area (Å²) < 4.78 is 7.92. The molecule has 11 nitrogen and oxygen atoms in total. The van der Waals surface area contributed by atoms with Crippen LogP contribution in [0.15, 0.2) is 30.6 Å². The van der Waals surface area contributed by atoms with Crippen molar-refractivity contribution in [3.63, 3.8) is 0 Å². The molecular weight excluding hydrogens is 536 g/mol. The standard InChI is InChI=1S/C29H44N8O3Si/c1-22(38)35-11-13-36(14-12-35)29-27-26(31-20-32-29)28(33-37(27)21-40-15-16-41(2,3)4)30-17-25(39)19-34-10-9-23-7-5-6-8-24(23)18-34/h5-8,20,25,39H,9-19,21H2,1-4H3,(H,30,33)/t25-/m0/s1. The molecule has 1 aromatic carbocycles. The van der Waals surface area contributed by atoms with Crippen molar-refractivity contribution in [3.05, 3.63) is 41.7 Å². The van der Waals surface area contributed by atoms with Gasteiger partial charge in [-0.05, 0) is 23.6 Å². The summed E-state index contributed by atoms with van der Waals surface area (Å²) in [6.07, 6.45) is 2.01. The Morgan fingerprint density at radius 3 is 2.59 bits per heavy atom. The number of ether oxygens (including phenoxy) is 1.